The van der Waals surface area contributed by atoms with E-state index in [2.05, 4.69) is 15.9 Å². The Hall–Kier alpha value is 0.0400. The number of hydrogen-bond acceptors (Lipinski definition) is 1. The van der Waals surface area contributed by atoms with Crippen LogP contribution in [0.15, 0.2) is 15.2 Å². The molecule has 0 unspecified atom stereocenters. The molecule has 0 aliphatic heterocycles. The highest BCUT2D eigenvalue weighted by atomic mass is 79.9. The molecule has 1 rings (SSSR count). The number of alkyl halides is 2. The quantitative estimate of drug-likeness (QED) is 0.670. The van der Waals surface area contributed by atoms with Gasteiger partial charge in [-0.2, -0.15) is 0 Å². The van der Waals surface area contributed by atoms with Gasteiger partial charge in [-0.3, -0.25) is 0 Å². The molecular formula is C5H3BrF2S. The van der Waals surface area contributed by atoms with Crippen molar-refractivity contribution in [1.29, 1.82) is 0 Å². The molecule has 0 aromatic carbocycles. The first kappa shape index (κ1) is 7.15. The molecule has 0 spiro atoms. The van der Waals surface area contributed by atoms with Gasteiger partial charge in [0.15, 0.2) is 0 Å². The number of thiophene rings is 1. The smallest absolute Gasteiger partial charge is 0.205 e. The third kappa shape index (κ3) is 1.49. The Kier molecular flexibility index (Phi) is 2.18. The average Bonchev–Trinajstić information content (AvgIpc) is 2.13. The fourth-order valence-electron chi connectivity index (χ4n) is 0.459. The van der Waals surface area contributed by atoms with Crippen LogP contribution in [0, 0.1) is 0 Å². The summed E-state index contributed by atoms with van der Waals surface area (Å²) >= 11 is 4.27. The van der Waals surface area contributed by atoms with E-state index in [1.807, 2.05) is 0 Å². The summed E-state index contributed by atoms with van der Waals surface area (Å²) in [5.41, 5.74) is 0.0833. The lowest BCUT2D eigenvalue weighted by atomic mass is 10.4. The number of hydrogen-bond donors (Lipinski definition) is 0. The molecule has 50 valence electrons. The lowest BCUT2D eigenvalue weighted by Crippen LogP contribution is -1.77. The lowest BCUT2D eigenvalue weighted by molar-refractivity contribution is 0.151. The zero-order valence-electron chi connectivity index (χ0n) is 4.27. The summed E-state index contributed by atoms with van der Waals surface area (Å²) in [6.07, 6.45) is -2.36. The third-order valence-corrected chi connectivity index (χ3v) is 2.61. The first-order valence-electron chi connectivity index (χ1n) is 2.23. The van der Waals surface area contributed by atoms with Gasteiger partial charge in [0, 0.05) is 5.56 Å². The van der Waals surface area contributed by atoms with Gasteiger partial charge in [-0.05, 0) is 27.4 Å². The highest BCUT2D eigenvalue weighted by Gasteiger charge is 2.10. The van der Waals surface area contributed by atoms with Crippen LogP contribution in [-0.4, -0.2) is 0 Å². The van der Waals surface area contributed by atoms with Crippen molar-refractivity contribution < 1.29 is 8.78 Å². The minimum Gasteiger partial charge on any atom is -0.205 e. The Bertz CT molecular complexity index is 197. The summed E-state index contributed by atoms with van der Waals surface area (Å²) in [5.74, 6) is 0. The second-order valence-corrected chi connectivity index (χ2v) is 3.68. The molecule has 1 aromatic rings. The van der Waals surface area contributed by atoms with Gasteiger partial charge >= 0.3 is 0 Å². The van der Waals surface area contributed by atoms with E-state index in [0.29, 0.717) is 3.79 Å². The molecule has 0 amide bonds. The second-order valence-electron chi connectivity index (χ2n) is 1.45. The van der Waals surface area contributed by atoms with E-state index in [1.165, 1.54) is 17.4 Å². The molecule has 0 aliphatic rings. The molecule has 0 saturated heterocycles. The molecule has 0 saturated carbocycles. The van der Waals surface area contributed by atoms with E-state index >= 15 is 0 Å². The molecule has 0 N–H and O–H groups in total. The molecule has 0 atom stereocenters. The fourth-order valence-corrected chi connectivity index (χ4v) is 1.72. The normalized spacial score (nSPS) is 10.7. The molecular weight excluding hydrogens is 210 g/mol. The van der Waals surface area contributed by atoms with Crippen molar-refractivity contribution >= 4 is 27.3 Å². The minimum atomic E-state index is -2.36. The van der Waals surface area contributed by atoms with E-state index in [1.54, 1.807) is 5.38 Å². The molecule has 0 fully saturated rings. The largest absolute Gasteiger partial charge is 0.265 e. The predicted molar refractivity (Wildman–Crippen MR) is 37.0 cm³/mol. The SMILES string of the molecule is FC(F)c1ccsc1Br. The molecule has 1 heterocycles. The van der Waals surface area contributed by atoms with Crippen LogP contribution >= 0.6 is 27.3 Å². The maximum Gasteiger partial charge on any atom is 0.265 e. The van der Waals surface area contributed by atoms with Gasteiger partial charge in [0.2, 0.25) is 0 Å². The Morgan fingerprint density at radius 1 is 1.56 bits per heavy atom. The molecule has 0 radical (unpaired) electrons. The first-order valence-corrected chi connectivity index (χ1v) is 3.90. The van der Waals surface area contributed by atoms with E-state index in [4.69, 9.17) is 0 Å². The number of halogens is 3. The fraction of sp³-hybridized carbons (Fsp3) is 0.200. The zero-order valence-corrected chi connectivity index (χ0v) is 6.68. The van der Waals surface area contributed by atoms with Crippen LogP contribution in [0.1, 0.15) is 12.0 Å². The Labute approximate surface area is 63.6 Å². The summed E-state index contributed by atoms with van der Waals surface area (Å²) in [7, 11) is 0. The van der Waals surface area contributed by atoms with Crippen molar-refractivity contribution in [2.24, 2.45) is 0 Å². The molecule has 9 heavy (non-hydrogen) atoms. The summed E-state index contributed by atoms with van der Waals surface area (Å²) in [4.78, 5) is 0. The maximum absolute atomic E-state index is 11.8. The predicted octanol–water partition coefficient (Wildman–Crippen LogP) is 3.45. The summed E-state index contributed by atoms with van der Waals surface area (Å²) in [6, 6.07) is 1.42. The van der Waals surface area contributed by atoms with Gasteiger partial charge < -0.3 is 0 Å². The van der Waals surface area contributed by atoms with Gasteiger partial charge in [0.05, 0.1) is 3.79 Å². The minimum absolute atomic E-state index is 0.0833. The average molecular weight is 213 g/mol. The van der Waals surface area contributed by atoms with Crippen LogP contribution in [0.4, 0.5) is 8.78 Å². The van der Waals surface area contributed by atoms with Crippen molar-refractivity contribution in [2.45, 2.75) is 6.43 Å². The molecule has 0 aliphatic carbocycles. The van der Waals surface area contributed by atoms with Gasteiger partial charge in [-0.25, -0.2) is 8.78 Å². The standard InChI is InChI=1S/C5H3BrF2S/c6-4-3(5(7)8)1-2-9-4/h1-2,5H. The maximum atomic E-state index is 11.8. The summed E-state index contributed by atoms with van der Waals surface area (Å²) < 4.78 is 24.2. The van der Waals surface area contributed by atoms with Gasteiger partial charge in [0.1, 0.15) is 0 Å². The van der Waals surface area contributed by atoms with Crippen molar-refractivity contribution in [3.63, 3.8) is 0 Å². The van der Waals surface area contributed by atoms with E-state index < -0.39 is 6.43 Å². The highest BCUT2D eigenvalue weighted by molar-refractivity contribution is 9.11. The van der Waals surface area contributed by atoms with E-state index in [0.717, 1.165) is 0 Å². The van der Waals surface area contributed by atoms with Crippen LogP contribution in [-0.2, 0) is 0 Å². The Morgan fingerprint density at radius 3 is 2.44 bits per heavy atom. The molecule has 1 aromatic heterocycles. The van der Waals surface area contributed by atoms with Gasteiger partial charge in [-0.1, -0.05) is 0 Å². The van der Waals surface area contributed by atoms with E-state index in [-0.39, 0.29) is 5.56 Å². The zero-order chi connectivity index (χ0) is 6.85. The summed E-state index contributed by atoms with van der Waals surface area (Å²) in [6.45, 7) is 0. The molecule has 4 heteroatoms. The Balaban J connectivity index is 2.94. The van der Waals surface area contributed by atoms with Crippen molar-refractivity contribution in [3.05, 3.63) is 20.8 Å². The monoisotopic (exact) mass is 212 g/mol. The second kappa shape index (κ2) is 2.75. The number of rotatable bonds is 1. The van der Waals surface area contributed by atoms with Gasteiger partial charge in [-0.15, -0.1) is 11.3 Å². The molecule has 0 bridgehead atoms. The summed E-state index contributed by atoms with van der Waals surface area (Å²) in [5, 5.41) is 1.63. The topological polar surface area (TPSA) is 0 Å². The molecule has 0 nitrogen and oxygen atoms in total. The van der Waals surface area contributed by atoms with Gasteiger partial charge in [0.25, 0.3) is 6.43 Å². The van der Waals surface area contributed by atoms with Crippen LogP contribution in [0.3, 0.4) is 0 Å². The van der Waals surface area contributed by atoms with Crippen LogP contribution in [0.25, 0.3) is 0 Å². The van der Waals surface area contributed by atoms with Crippen LogP contribution < -0.4 is 0 Å². The van der Waals surface area contributed by atoms with Crippen molar-refractivity contribution in [2.75, 3.05) is 0 Å². The van der Waals surface area contributed by atoms with Crippen molar-refractivity contribution in [3.8, 4) is 0 Å². The van der Waals surface area contributed by atoms with Crippen LogP contribution in [0.2, 0.25) is 0 Å². The third-order valence-electron chi connectivity index (χ3n) is 0.881. The Morgan fingerprint density at radius 2 is 2.22 bits per heavy atom. The van der Waals surface area contributed by atoms with E-state index in [9.17, 15) is 8.78 Å². The lowest BCUT2D eigenvalue weighted by Gasteiger charge is -1.92. The van der Waals surface area contributed by atoms with Crippen LogP contribution in [0.5, 0.6) is 0 Å². The highest BCUT2D eigenvalue weighted by Crippen LogP contribution is 2.31. The van der Waals surface area contributed by atoms with Crippen molar-refractivity contribution in [1.82, 2.24) is 0 Å². The first-order chi connectivity index (χ1) is 4.22.